The lowest BCUT2D eigenvalue weighted by atomic mass is 10.1. The van der Waals surface area contributed by atoms with Crippen LogP contribution in [0.25, 0.3) is 0 Å². The Morgan fingerprint density at radius 1 is 1.40 bits per heavy atom. The molecule has 1 aliphatic rings. The minimum atomic E-state index is -0.602. The van der Waals surface area contributed by atoms with Gasteiger partial charge in [-0.25, -0.2) is 4.79 Å². The van der Waals surface area contributed by atoms with Crippen LogP contribution in [0.15, 0.2) is 29.4 Å². The maximum Gasteiger partial charge on any atom is 0.332 e. The molecule has 5 heteroatoms. The molecule has 0 saturated heterocycles. The van der Waals surface area contributed by atoms with E-state index in [1.165, 1.54) is 6.92 Å². The minimum absolute atomic E-state index is 0.216. The van der Waals surface area contributed by atoms with Gasteiger partial charge in [-0.3, -0.25) is 4.79 Å². The largest absolute Gasteiger partial charge is 0.433 e. The Labute approximate surface area is 85.3 Å². The molecule has 15 heavy (non-hydrogen) atoms. The first-order valence-corrected chi connectivity index (χ1v) is 4.25. The summed E-state index contributed by atoms with van der Waals surface area (Å²) in [5.74, 6) is -0.776. The molecular formula is C10H7NO4. The number of carbonyl (C=O) groups is 2. The molecule has 0 aromatic heterocycles. The van der Waals surface area contributed by atoms with E-state index in [9.17, 15) is 9.59 Å². The summed E-state index contributed by atoms with van der Waals surface area (Å²) >= 11 is 0. The van der Waals surface area contributed by atoms with Gasteiger partial charge >= 0.3 is 11.9 Å². The highest BCUT2D eigenvalue weighted by atomic mass is 16.7. The molecule has 76 valence electrons. The van der Waals surface area contributed by atoms with E-state index >= 15 is 0 Å². The zero-order valence-corrected chi connectivity index (χ0v) is 7.89. The van der Waals surface area contributed by atoms with E-state index in [4.69, 9.17) is 4.74 Å². The maximum atomic E-state index is 11.6. The number of oxime groups is 1. The summed E-state index contributed by atoms with van der Waals surface area (Å²) in [7, 11) is 0. The number of fused-ring (bicyclic) bond motifs is 1. The molecule has 0 N–H and O–H groups in total. The third-order valence-corrected chi connectivity index (χ3v) is 1.79. The first-order chi connectivity index (χ1) is 7.18. The van der Waals surface area contributed by atoms with E-state index in [1.54, 1.807) is 24.3 Å². The van der Waals surface area contributed by atoms with Gasteiger partial charge < -0.3 is 9.57 Å². The van der Waals surface area contributed by atoms with Crippen molar-refractivity contribution >= 4 is 17.7 Å². The van der Waals surface area contributed by atoms with Gasteiger partial charge in [0.1, 0.15) is 5.75 Å². The van der Waals surface area contributed by atoms with Crippen LogP contribution in [0.1, 0.15) is 17.3 Å². The number of Topliss-reactive ketones (excluding diaryl/α,β-unsaturated/α-hetero) is 1. The second-order valence-corrected chi connectivity index (χ2v) is 2.91. The van der Waals surface area contributed by atoms with Gasteiger partial charge in [-0.1, -0.05) is 12.1 Å². The number of hydrogen-bond acceptors (Lipinski definition) is 5. The van der Waals surface area contributed by atoms with Gasteiger partial charge in [0.05, 0.1) is 5.56 Å². The molecule has 0 radical (unpaired) electrons. The molecule has 1 heterocycles. The summed E-state index contributed by atoms with van der Waals surface area (Å²) in [6, 6.07) is 6.72. The number of rotatable bonds is 1. The molecule has 0 amide bonds. The van der Waals surface area contributed by atoms with Gasteiger partial charge in [0.25, 0.3) is 5.78 Å². The fraction of sp³-hybridized carbons (Fsp3) is 0.100. The molecule has 5 nitrogen and oxygen atoms in total. The van der Waals surface area contributed by atoms with Crippen molar-refractivity contribution in [2.45, 2.75) is 6.92 Å². The van der Waals surface area contributed by atoms with Crippen molar-refractivity contribution in [2.24, 2.45) is 5.16 Å². The molecule has 1 aromatic carbocycles. The van der Waals surface area contributed by atoms with Crippen LogP contribution in [0.5, 0.6) is 5.75 Å². The number of benzene rings is 1. The quantitative estimate of drug-likeness (QED) is 0.509. The number of ether oxygens (including phenoxy) is 1. The number of hydrogen-bond donors (Lipinski definition) is 0. The molecular weight excluding hydrogens is 198 g/mol. The van der Waals surface area contributed by atoms with Crippen LogP contribution in [0.2, 0.25) is 0 Å². The third kappa shape index (κ3) is 1.71. The monoisotopic (exact) mass is 205 g/mol. The first kappa shape index (κ1) is 9.39. The van der Waals surface area contributed by atoms with Crippen LogP contribution in [-0.2, 0) is 9.63 Å². The molecule has 0 aliphatic carbocycles. The zero-order chi connectivity index (χ0) is 10.8. The molecule has 0 bridgehead atoms. The Morgan fingerprint density at radius 2 is 2.13 bits per heavy atom. The van der Waals surface area contributed by atoms with E-state index in [0.29, 0.717) is 11.3 Å². The van der Waals surface area contributed by atoms with Gasteiger partial charge in [0, 0.05) is 6.92 Å². The molecule has 0 atom stereocenters. The van der Waals surface area contributed by atoms with Crippen molar-refractivity contribution in [1.29, 1.82) is 0 Å². The second kappa shape index (κ2) is 3.53. The Morgan fingerprint density at radius 3 is 2.80 bits per heavy atom. The Bertz CT molecular complexity index is 464. The van der Waals surface area contributed by atoms with E-state index in [2.05, 4.69) is 9.99 Å². The van der Waals surface area contributed by atoms with Gasteiger partial charge in [-0.15, -0.1) is 0 Å². The molecule has 0 unspecified atom stereocenters. The average molecular weight is 205 g/mol. The van der Waals surface area contributed by atoms with Gasteiger partial charge in [-0.05, 0) is 17.3 Å². The smallest absolute Gasteiger partial charge is 0.332 e. The Kier molecular flexibility index (Phi) is 2.21. The van der Waals surface area contributed by atoms with E-state index < -0.39 is 5.97 Å². The standard InChI is InChI=1S/C10H7NO4/c1-6(12)15-11-10-9(13)7-4-2-3-5-8(7)14-10/h2-5H,1H3. The van der Waals surface area contributed by atoms with Crippen molar-refractivity contribution in [2.75, 3.05) is 0 Å². The minimum Gasteiger partial charge on any atom is -0.433 e. The number of para-hydroxylation sites is 1. The van der Waals surface area contributed by atoms with E-state index in [-0.39, 0.29) is 11.7 Å². The lowest BCUT2D eigenvalue weighted by Gasteiger charge is -1.94. The fourth-order valence-corrected chi connectivity index (χ4v) is 1.17. The third-order valence-electron chi connectivity index (χ3n) is 1.79. The Balaban J connectivity index is 2.27. The highest BCUT2D eigenvalue weighted by Crippen LogP contribution is 2.25. The van der Waals surface area contributed by atoms with Crippen LogP contribution in [0.3, 0.4) is 0 Å². The highest BCUT2D eigenvalue weighted by molar-refractivity contribution is 6.46. The number of ketones is 1. The second-order valence-electron chi connectivity index (χ2n) is 2.91. The van der Waals surface area contributed by atoms with Crippen molar-refractivity contribution < 1.29 is 19.2 Å². The molecule has 0 fully saturated rings. The Hall–Kier alpha value is -2.17. The lowest BCUT2D eigenvalue weighted by Crippen LogP contribution is -2.13. The highest BCUT2D eigenvalue weighted by Gasteiger charge is 2.29. The van der Waals surface area contributed by atoms with Crippen LogP contribution in [-0.4, -0.2) is 17.7 Å². The van der Waals surface area contributed by atoms with Crippen LogP contribution in [0.4, 0.5) is 0 Å². The molecule has 1 aromatic rings. The van der Waals surface area contributed by atoms with Crippen molar-refractivity contribution in [1.82, 2.24) is 0 Å². The lowest BCUT2D eigenvalue weighted by molar-refractivity contribution is -0.141. The number of carbonyl (C=O) groups excluding carboxylic acids is 2. The predicted octanol–water partition coefficient (Wildman–Crippen LogP) is 1.14. The molecule has 0 saturated carbocycles. The normalized spacial score (nSPS) is 16.1. The maximum absolute atomic E-state index is 11.6. The summed E-state index contributed by atoms with van der Waals surface area (Å²) in [5, 5.41) is 3.31. The summed E-state index contributed by atoms with van der Waals surface area (Å²) in [4.78, 5) is 26.4. The van der Waals surface area contributed by atoms with Crippen LogP contribution >= 0.6 is 0 Å². The van der Waals surface area contributed by atoms with Crippen molar-refractivity contribution in [3.63, 3.8) is 0 Å². The average Bonchev–Trinajstić information content (AvgIpc) is 2.54. The van der Waals surface area contributed by atoms with Crippen molar-refractivity contribution in [3.05, 3.63) is 29.8 Å². The zero-order valence-electron chi connectivity index (χ0n) is 7.89. The first-order valence-electron chi connectivity index (χ1n) is 4.25. The van der Waals surface area contributed by atoms with Crippen molar-refractivity contribution in [3.8, 4) is 5.75 Å². The fourth-order valence-electron chi connectivity index (χ4n) is 1.17. The summed E-state index contributed by atoms with van der Waals surface area (Å²) < 4.78 is 5.09. The van der Waals surface area contributed by atoms with E-state index in [1.807, 2.05) is 0 Å². The summed E-state index contributed by atoms with van der Waals surface area (Å²) in [5.41, 5.74) is 0.420. The molecule has 1 aliphatic heterocycles. The SMILES string of the molecule is CC(=O)ON=C1Oc2ccccc2C1=O. The topological polar surface area (TPSA) is 65.0 Å². The predicted molar refractivity (Wildman–Crippen MR) is 50.6 cm³/mol. The summed E-state index contributed by atoms with van der Waals surface area (Å²) in [6.45, 7) is 1.19. The molecule has 2 rings (SSSR count). The number of nitrogens with zero attached hydrogens (tertiary/aromatic N) is 1. The molecule has 0 spiro atoms. The van der Waals surface area contributed by atoms with Crippen LogP contribution < -0.4 is 4.74 Å². The van der Waals surface area contributed by atoms with Gasteiger partial charge in [-0.2, -0.15) is 0 Å². The van der Waals surface area contributed by atoms with Gasteiger partial charge in [0.15, 0.2) is 0 Å². The van der Waals surface area contributed by atoms with E-state index in [0.717, 1.165) is 0 Å². The summed E-state index contributed by atoms with van der Waals surface area (Å²) in [6.07, 6.45) is 0. The van der Waals surface area contributed by atoms with Crippen LogP contribution in [0, 0.1) is 0 Å². The van der Waals surface area contributed by atoms with Gasteiger partial charge in [0.2, 0.25) is 0 Å².